The Morgan fingerprint density at radius 3 is 2.25 bits per heavy atom. The SMILES string of the molecule is CC1CCC(NC(=O)C(=O)Nc2ccc(F)cc2)CC1. The fraction of sp³-hybridized carbons (Fsp3) is 0.467. The van der Waals surface area contributed by atoms with Crippen LogP contribution in [0.1, 0.15) is 32.6 Å². The van der Waals surface area contributed by atoms with Gasteiger partial charge in [0.1, 0.15) is 5.82 Å². The maximum absolute atomic E-state index is 12.7. The Morgan fingerprint density at radius 1 is 1.05 bits per heavy atom. The number of rotatable bonds is 2. The molecule has 0 bridgehead atoms. The summed E-state index contributed by atoms with van der Waals surface area (Å²) in [4.78, 5) is 23.5. The van der Waals surface area contributed by atoms with Crippen molar-refractivity contribution in [3.8, 4) is 0 Å². The van der Waals surface area contributed by atoms with E-state index in [0.29, 0.717) is 11.6 Å². The molecule has 1 fully saturated rings. The molecule has 0 unspecified atom stereocenters. The molecule has 1 aliphatic rings. The number of carbonyl (C=O) groups is 2. The highest BCUT2D eigenvalue weighted by Gasteiger charge is 2.22. The zero-order valence-electron chi connectivity index (χ0n) is 11.5. The number of carbonyl (C=O) groups excluding carboxylic acids is 2. The third-order valence-corrected chi connectivity index (χ3v) is 3.66. The topological polar surface area (TPSA) is 58.2 Å². The number of anilines is 1. The van der Waals surface area contributed by atoms with Gasteiger partial charge in [-0.3, -0.25) is 9.59 Å². The Hall–Kier alpha value is -1.91. The molecule has 4 nitrogen and oxygen atoms in total. The fourth-order valence-corrected chi connectivity index (χ4v) is 2.38. The molecule has 1 saturated carbocycles. The number of amides is 2. The van der Waals surface area contributed by atoms with Gasteiger partial charge in [-0.2, -0.15) is 0 Å². The smallest absolute Gasteiger partial charge is 0.313 e. The van der Waals surface area contributed by atoms with E-state index in [9.17, 15) is 14.0 Å². The predicted molar refractivity (Wildman–Crippen MR) is 74.6 cm³/mol. The van der Waals surface area contributed by atoms with E-state index >= 15 is 0 Å². The Morgan fingerprint density at radius 2 is 1.65 bits per heavy atom. The van der Waals surface area contributed by atoms with Crippen LogP contribution < -0.4 is 10.6 Å². The van der Waals surface area contributed by atoms with Crippen LogP contribution in [0, 0.1) is 11.7 Å². The van der Waals surface area contributed by atoms with Crippen molar-refractivity contribution < 1.29 is 14.0 Å². The highest BCUT2D eigenvalue weighted by molar-refractivity contribution is 6.39. The van der Waals surface area contributed by atoms with Gasteiger partial charge in [0.2, 0.25) is 0 Å². The van der Waals surface area contributed by atoms with E-state index in [1.54, 1.807) is 0 Å². The van der Waals surface area contributed by atoms with Crippen molar-refractivity contribution in [2.75, 3.05) is 5.32 Å². The predicted octanol–water partition coefficient (Wildman–Crippen LogP) is 2.46. The van der Waals surface area contributed by atoms with Crippen molar-refractivity contribution in [1.29, 1.82) is 0 Å². The summed E-state index contributed by atoms with van der Waals surface area (Å²) in [7, 11) is 0. The summed E-state index contributed by atoms with van der Waals surface area (Å²) in [6, 6.07) is 5.38. The first-order chi connectivity index (χ1) is 9.54. The van der Waals surface area contributed by atoms with Crippen LogP contribution in [0.4, 0.5) is 10.1 Å². The number of nitrogens with one attached hydrogen (secondary N) is 2. The minimum absolute atomic E-state index is 0.0812. The molecule has 2 amide bonds. The summed E-state index contributed by atoms with van der Waals surface area (Å²) in [5, 5.41) is 5.20. The van der Waals surface area contributed by atoms with Gasteiger partial charge in [0.15, 0.2) is 0 Å². The van der Waals surface area contributed by atoms with E-state index in [1.165, 1.54) is 24.3 Å². The van der Waals surface area contributed by atoms with Gasteiger partial charge in [-0.1, -0.05) is 6.92 Å². The maximum atomic E-state index is 12.7. The first kappa shape index (κ1) is 14.5. The molecular formula is C15H19FN2O2. The molecule has 2 N–H and O–H groups in total. The summed E-state index contributed by atoms with van der Waals surface area (Å²) in [5.41, 5.74) is 0.406. The first-order valence-corrected chi connectivity index (χ1v) is 6.92. The molecule has 0 saturated heterocycles. The van der Waals surface area contributed by atoms with E-state index in [1.807, 2.05) is 0 Å². The van der Waals surface area contributed by atoms with Crippen LogP contribution in [-0.2, 0) is 9.59 Å². The minimum atomic E-state index is -0.713. The van der Waals surface area contributed by atoms with E-state index in [0.717, 1.165) is 25.7 Å². The minimum Gasteiger partial charge on any atom is -0.345 e. The third kappa shape index (κ3) is 4.05. The van der Waals surface area contributed by atoms with Crippen molar-refractivity contribution in [3.05, 3.63) is 30.1 Å². The molecule has 108 valence electrons. The van der Waals surface area contributed by atoms with Crippen molar-refractivity contribution in [3.63, 3.8) is 0 Å². The molecule has 1 aromatic carbocycles. The van der Waals surface area contributed by atoms with Gasteiger partial charge in [0.25, 0.3) is 0 Å². The molecule has 0 aromatic heterocycles. The van der Waals surface area contributed by atoms with E-state index < -0.39 is 11.8 Å². The second-order valence-electron chi connectivity index (χ2n) is 5.39. The summed E-state index contributed by atoms with van der Waals surface area (Å²) >= 11 is 0. The van der Waals surface area contributed by atoms with Gasteiger partial charge in [0, 0.05) is 11.7 Å². The molecular weight excluding hydrogens is 259 g/mol. The van der Waals surface area contributed by atoms with Gasteiger partial charge < -0.3 is 10.6 Å². The van der Waals surface area contributed by atoms with E-state index in [-0.39, 0.29) is 11.9 Å². The van der Waals surface area contributed by atoms with Crippen LogP contribution in [0.5, 0.6) is 0 Å². The lowest BCUT2D eigenvalue weighted by Crippen LogP contribution is -2.43. The average Bonchev–Trinajstić information content (AvgIpc) is 2.44. The van der Waals surface area contributed by atoms with Crippen LogP contribution in [-0.4, -0.2) is 17.9 Å². The quantitative estimate of drug-likeness (QED) is 0.816. The van der Waals surface area contributed by atoms with Crippen LogP contribution in [0.2, 0.25) is 0 Å². The lowest BCUT2D eigenvalue weighted by molar-refractivity contribution is -0.136. The van der Waals surface area contributed by atoms with Gasteiger partial charge >= 0.3 is 11.8 Å². The zero-order chi connectivity index (χ0) is 14.5. The highest BCUT2D eigenvalue weighted by atomic mass is 19.1. The number of benzene rings is 1. The fourth-order valence-electron chi connectivity index (χ4n) is 2.38. The molecule has 20 heavy (non-hydrogen) atoms. The van der Waals surface area contributed by atoms with Crippen LogP contribution in [0.15, 0.2) is 24.3 Å². The van der Waals surface area contributed by atoms with Crippen molar-refractivity contribution >= 4 is 17.5 Å². The maximum Gasteiger partial charge on any atom is 0.313 e. The van der Waals surface area contributed by atoms with Gasteiger partial charge in [-0.15, -0.1) is 0 Å². The van der Waals surface area contributed by atoms with E-state index in [2.05, 4.69) is 17.6 Å². The van der Waals surface area contributed by atoms with Gasteiger partial charge in [0.05, 0.1) is 0 Å². The summed E-state index contributed by atoms with van der Waals surface area (Å²) < 4.78 is 12.7. The Bertz CT molecular complexity index is 479. The average molecular weight is 278 g/mol. The van der Waals surface area contributed by atoms with Crippen molar-refractivity contribution in [2.45, 2.75) is 38.6 Å². The monoisotopic (exact) mass is 278 g/mol. The lowest BCUT2D eigenvalue weighted by atomic mass is 9.87. The normalized spacial score (nSPS) is 22.1. The molecule has 0 heterocycles. The molecule has 1 aliphatic carbocycles. The molecule has 2 rings (SSSR count). The second kappa shape index (κ2) is 6.50. The molecule has 1 aromatic rings. The summed E-state index contributed by atoms with van der Waals surface area (Å²) in [6.07, 6.45) is 3.97. The Labute approximate surface area is 117 Å². The molecule has 0 aliphatic heterocycles. The Kier molecular flexibility index (Phi) is 4.71. The van der Waals surface area contributed by atoms with Gasteiger partial charge in [-0.25, -0.2) is 4.39 Å². The van der Waals surface area contributed by atoms with Crippen LogP contribution in [0.3, 0.4) is 0 Å². The lowest BCUT2D eigenvalue weighted by Gasteiger charge is -2.26. The molecule has 5 heteroatoms. The largest absolute Gasteiger partial charge is 0.345 e. The van der Waals surface area contributed by atoms with Crippen molar-refractivity contribution in [2.24, 2.45) is 5.92 Å². The standard InChI is InChI=1S/C15H19FN2O2/c1-10-2-6-12(7-3-10)17-14(19)15(20)18-13-8-4-11(16)5-9-13/h4-5,8-10,12H,2-3,6-7H2,1H3,(H,17,19)(H,18,20). The molecule has 0 spiro atoms. The molecule has 0 radical (unpaired) electrons. The summed E-state index contributed by atoms with van der Waals surface area (Å²) in [6.45, 7) is 2.19. The first-order valence-electron chi connectivity index (χ1n) is 6.92. The van der Waals surface area contributed by atoms with Crippen molar-refractivity contribution in [1.82, 2.24) is 5.32 Å². The molecule has 0 atom stereocenters. The zero-order valence-corrected chi connectivity index (χ0v) is 11.5. The number of halogens is 1. The third-order valence-electron chi connectivity index (χ3n) is 3.66. The van der Waals surface area contributed by atoms with E-state index in [4.69, 9.17) is 0 Å². The number of hydrogen-bond donors (Lipinski definition) is 2. The van der Waals surface area contributed by atoms with Gasteiger partial charge in [-0.05, 0) is 55.9 Å². The highest BCUT2D eigenvalue weighted by Crippen LogP contribution is 2.23. The second-order valence-corrected chi connectivity index (χ2v) is 5.39. The number of hydrogen-bond acceptors (Lipinski definition) is 2. The summed E-state index contributed by atoms with van der Waals surface area (Å²) in [5.74, 6) is -1.04. The van der Waals surface area contributed by atoms with Crippen LogP contribution in [0.25, 0.3) is 0 Å². The van der Waals surface area contributed by atoms with Crippen LogP contribution >= 0.6 is 0 Å². The Balaban J connectivity index is 1.83.